The maximum absolute atomic E-state index is 13.1. The van der Waals surface area contributed by atoms with Crippen molar-refractivity contribution in [3.63, 3.8) is 0 Å². The van der Waals surface area contributed by atoms with Gasteiger partial charge in [-0.1, -0.05) is 30.3 Å². The molecular weight excluding hydrogens is 245 g/mol. The second-order valence-corrected chi connectivity index (χ2v) is 4.12. The second kappa shape index (κ2) is 6.00. The molecule has 0 aliphatic rings. The lowest BCUT2D eigenvalue weighted by Crippen LogP contribution is -2.29. The third-order valence-corrected chi connectivity index (χ3v) is 2.64. The molecule has 0 unspecified atom stereocenters. The highest BCUT2D eigenvalue weighted by Gasteiger charge is 2.11. The number of nitrogens with one attached hydrogen (secondary N) is 1. The van der Waals surface area contributed by atoms with E-state index < -0.39 is 6.09 Å². The molecule has 0 radical (unpaired) electrons. The molecule has 2 aromatic carbocycles. The first-order valence-corrected chi connectivity index (χ1v) is 5.94. The van der Waals surface area contributed by atoms with Crippen molar-refractivity contribution in [1.29, 1.82) is 0 Å². The van der Waals surface area contributed by atoms with Gasteiger partial charge in [0.05, 0.1) is 6.04 Å². The third kappa shape index (κ3) is 3.81. The number of halogens is 1. The van der Waals surface area contributed by atoms with Gasteiger partial charge >= 0.3 is 6.09 Å². The molecule has 19 heavy (non-hydrogen) atoms. The summed E-state index contributed by atoms with van der Waals surface area (Å²) in [5, 5.41) is 2.64. The molecule has 0 heterocycles. The largest absolute Gasteiger partial charge is 0.413 e. The summed E-state index contributed by atoms with van der Waals surface area (Å²) >= 11 is 0. The van der Waals surface area contributed by atoms with Crippen LogP contribution in [-0.4, -0.2) is 6.09 Å². The number of para-hydroxylation sites is 1. The maximum Gasteiger partial charge on any atom is 0.413 e. The van der Waals surface area contributed by atoms with Crippen molar-refractivity contribution in [2.75, 3.05) is 0 Å². The van der Waals surface area contributed by atoms with E-state index in [1.165, 1.54) is 12.1 Å². The van der Waals surface area contributed by atoms with E-state index >= 15 is 0 Å². The van der Waals surface area contributed by atoms with Crippen molar-refractivity contribution in [1.82, 2.24) is 5.32 Å². The van der Waals surface area contributed by atoms with Crippen molar-refractivity contribution < 1.29 is 13.9 Å². The van der Waals surface area contributed by atoms with Crippen LogP contribution < -0.4 is 10.1 Å². The molecule has 0 saturated carbocycles. The molecule has 2 rings (SSSR count). The Kier molecular flexibility index (Phi) is 4.13. The highest BCUT2D eigenvalue weighted by Crippen LogP contribution is 2.14. The quantitative estimate of drug-likeness (QED) is 0.913. The lowest BCUT2D eigenvalue weighted by atomic mass is 10.1. The zero-order valence-electron chi connectivity index (χ0n) is 10.5. The molecule has 0 fully saturated rings. The lowest BCUT2D eigenvalue weighted by molar-refractivity contribution is 0.197. The first kappa shape index (κ1) is 13.1. The molecular formula is C15H14FNO2. The number of hydrogen-bond donors (Lipinski definition) is 1. The average molecular weight is 259 g/mol. The monoisotopic (exact) mass is 259 g/mol. The van der Waals surface area contributed by atoms with E-state index in [1.54, 1.807) is 43.3 Å². The summed E-state index contributed by atoms with van der Waals surface area (Å²) in [5.41, 5.74) is 0.685. The molecule has 0 saturated heterocycles. The number of rotatable bonds is 3. The molecule has 98 valence electrons. The van der Waals surface area contributed by atoms with Crippen molar-refractivity contribution in [3.8, 4) is 5.75 Å². The summed E-state index contributed by atoms with van der Waals surface area (Å²) in [4.78, 5) is 11.7. The Labute approximate surface area is 111 Å². The number of benzene rings is 2. The van der Waals surface area contributed by atoms with E-state index in [1.807, 2.05) is 6.07 Å². The highest BCUT2D eigenvalue weighted by molar-refractivity contribution is 5.70. The zero-order chi connectivity index (χ0) is 13.7. The molecule has 0 spiro atoms. The van der Waals surface area contributed by atoms with Gasteiger partial charge in [0.2, 0.25) is 0 Å². The molecule has 0 aromatic heterocycles. The number of hydrogen-bond acceptors (Lipinski definition) is 2. The smallest absolute Gasteiger partial charge is 0.410 e. The fourth-order valence-corrected chi connectivity index (χ4v) is 1.66. The molecule has 1 amide bonds. The minimum atomic E-state index is -0.567. The third-order valence-electron chi connectivity index (χ3n) is 2.64. The maximum atomic E-state index is 13.1. The Morgan fingerprint density at radius 1 is 1.16 bits per heavy atom. The molecule has 0 bridgehead atoms. The summed E-state index contributed by atoms with van der Waals surface area (Å²) in [5.74, 6) is 0.133. The second-order valence-electron chi connectivity index (χ2n) is 4.12. The van der Waals surface area contributed by atoms with Crippen LogP contribution in [0.25, 0.3) is 0 Å². The Hall–Kier alpha value is -2.36. The molecule has 0 aliphatic carbocycles. The molecule has 1 atom stereocenters. The molecule has 2 aromatic rings. The minimum Gasteiger partial charge on any atom is -0.410 e. The van der Waals surface area contributed by atoms with Gasteiger partial charge in [-0.05, 0) is 36.8 Å². The zero-order valence-corrected chi connectivity index (χ0v) is 10.5. The normalized spacial score (nSPS) is 11.7. The summed E-state index contributed by atoms with van der Waals surface area (Å²) in [6.07, 6.45) is -0.567. The summed E-state index contributed by atoms with van der Waals surface area (Å²) < 4.78 is 18.2. The predicted octanol–water partition coefficient (Wildman–Crippen LogP) is 3.68. The van der Waals surface area contributed by atoms with Gasteiger partial charge in [0, 0.05) is 0 Å². The van der Waals surface area contributed by atoms with Crippen LogP contribution in [0.15, 0.2) is 54.6 Å². The van der Waals surface area contributed by atoms with Crippen molar-refractivity contribution in [2.24, 2.45) is 0 Å². The molecule has 1 N–H and O–H groups in total. The van der Waals surface area contributed by atoms with Crippen LogP contribution in [0.5, 0.6) is 5.75 Å². The van der Waals surface area contributed by atoms with Crippen molar-refractivity contribution in [2.45, 2.75) is 13.0 Å². The standard InChI is InChI=1S/C15H14FNO2/c1-11(12-6-5-7-13(16)10-12)17-15(18)19-14-8-3-2-4-9-14/h2-11H,1H3,(H,17,18)/t11-/m0/s1. The van der Waals surface area contributed by atoms with Gasteiger partial charge in [0.1, 0.15) is 11.6 Å². The predicted molar refractivity (Wildman–Crippen MR) is 70.4 cm³/mol. The summed E-state index contributed by atoms with van der Waals surface area (Å²) in [6, 6.07) is 14.5. The summed E-state index contributed by atoms with van der Waals surface area (Å²) in [6.45, 7) is 1.76. The SMILES string of the molecule is C[C@H](NC(=O)Oc1ccccc1)c1cccc(F)c1. The van der Waals surface area contributed by atoms with Gasteiger partial charge in [0.15, 0.2) is 0 Å². The van der Waals surface area contributed by atoms with Crippen LogP contribution >= 0.6 is 0 Å². The van der Waals surface area contributed by atoms with E-state index in [0.717, 1.165) is 0 Å². The lowest BCUT2D eigenvalue weighted by Gasteiger charge is -2.14. The van der Waals surface area contributed by atoms with Gasteiger partial charge in [-0.3, -0.25) is 0 Å². The first-order valence-electron chi connectivity index (χ1n) is 5.94. The van der Waals surface area contributed by atoms with E-state index in [4.69, 9.17) is 4.74 Å². The molecule has 3 nitrogen and oxygen atoms in total. The summed E-state index contributed by atoms with van der Waals surface area (Å²) in [7, 11) is 0. The van der Waals surface area contributed by atoms with E-state index in [0.29, 0.717) is 11.3 Å². The minimum absolute atomic E-state index is 0.327. The van der Waals surface area contributed by atoms with Crippen LogP contribution in [0.3, 0.4) is 0 Å². The number of carbonyl (C=O) groups excluding carboxylic acids is 1. The van der Waals surface area contributed by atoms with Gasteiger partial charge in [-0.2, -0.15) is 0 Å². The van der Waals surface area contributed by atoms with Gasteiger partial charge < -0.3 is 10.1 Å². The van der Waals surface area contributed by atoms with Crippen LogP contribution in [0.1, 0.15) is 18.5 Å². The van der Waals surface area contributed by atoms with E-state index in [2.05, 4.69) is 5.32 Å². The number of carbonyl (C=O) groups is 1. The van der Waals surface area contributed by atoms with Crippen LogP contribution in [-0.2, 0) is 0 Å². The Bertz CT molecular complexity index is 557. The molecule has 4 heteroatoms. The van der Waals surface area contributed by atoms with Crippen molar-refractivity contribution in [3.05, 3.63) is 66.0 Å². The van der Waals surface area contributed by atoms with Crippen LogP contribution in [0.2, 0.25) is 0 Å². The number of amides is 1. The topological polar surface area (TPSA) is 38.3 Å². The molecule has 0 aliphatic heterocycles. The first-order chi connectivity index (χ1) is 9.15. The fraction of sp³-hybridized carbons (Fsp3) is 0.133. The average Bonchev–Trinajstić information content (AvgIpc) is 2.39. The van der Waals surface area contributed by atoms with E-state index in [9.17, 15) is 9.18 Å². The van der Waals surface area contributed by atoms with E-state index in [-0.39, 0.29) is 11.9 Å². The van der Waals surface area contributed by atoms with Gasteiger partial charge in [0.25, 0.3) is 0 Å². The highest BCUT2D eigenvalue weighted by atomic mass is 19.1. The Morgan fingerprint density at radius 2 is 1.89 bits per heavy atom. The Balaban J connectivity index is 1.95. The van der Waals surface area contributed by atoms with Gasteiger partial charge in [-0.25, -0.2) is 9.18 Å². The fourth-order valence-electron chi connectivity index (χ4n) is 1.66. The number of ether oxygens (including phenoxy) is 1. The van der Waals surface area contributed by atoms with Crippen LogP contribution in [0.4, 0.5) is 9.18 Å². The van der Waals surface area contributed by atoms with Crippen molar-refractivity contribution >= 4 is 6.09 Å². The Morgan fingerprint density at radius 3 is 2.58 bits per heavy atom. The van der Waals surface area contributed by atoms with Crippen LogP contribution in [0, 0.1) is 5.82 Å². The van der Waals surface area contributed by atoms with Gasteiger partial charge in [-0.15, -0.1) is 0 Å².